The van der Waals surface area contributed by atoms with Gasteiger partial charge in [0.1, 0.15) is 0 Å². The Balaban J connectivity index is 1.67. The Kier molecular flexibility index (Phi) is 1.07. The van der Waals surface area contributed by atoms with Crippen LogP contribution < -0.4 is 0 Å². The van der Waals surface area contributed by atoms with Crippen molar-refractivity contribution in [1.29, 1.82) is 0 Å². The highest BCUT2D eigenvalue weighted by atomic mass is 16.7. The SMILES string of the molecule is C=CC1O[C@H]2[C@@H]3C[C@@H]([C@H]4O[C@H]34)[C@@H]2O1. The highest BCUT2D eigenvalue weighted by Gasteiger charge is 2.70. The Morgan fingerprint density at radius 2 is 1.46 bits per heavy atom. The summed E-state index contributed by atoms with van der Waals surface area (Å²) in [6.07, 6.45) is 4.39. The molecule has 0 amide bonds. The third-order valence-corrected chi connectivity index (χ3v) is 3.89. The van der Waals surface area contributed by atoms with Crippen LogP contribution in [0.5, 0.6) is 0 Å². The fraction of sp³-hybridized carbons (Fsp3) is 0.800. The Labute approximate surface area is 76.7 Å². The van der Waals surface area contributed by atoms with Gasteiger partial charge in [-0.05, 0) is 12.5 Å². The molecule has 0 spiro atoms. The van der Waals surface area contributed by atoms with Crippen LogP contribution in [0.4, 0.5) is 0 Å². The summed E-state index contributed by atoms with van der Waals surface area (Å²) in [5.74, 6) is 1.20. The average Bonchev–Trinajstić information content (AvgIpc) is 2.59. The number of rotatable bonds is 1. The molecule has 70 valence electrons. The molecule has 2 heterocycles. The monoisotopic (exact) mass is 180 g/mol. The average molecular weight is 180 g/mol. The maximum absolute atomic E-state index is 5.75. The van der Waals surface area contributed by atoms with Crippen LogP contribution in [0, 0.1) is 11.8 Å². The zero-order valence-electron chi connectivity index (χ0n) is 7.26. The first kappa shape index (κ1) is 6.98. The second kappa shape index (κ2) is 2.00. The van der Waals surface area contributed by atoms with Crippen molar-refractivity contribution in [3.8, 4) is 0 Å². The van der Waals surface area contributed by atoms with Gasteiger partial charge in [0.15, 0.2) is 6.29 Å². The van der Waals surface area contributed by atoms with Crippen molar-refractivity contribution >= 4 is 0 Å². The number of hydrogen-bond donors (Lipinski definition) is 0. The fourth-order valence-corrected chi connectivity index (χ4v) is 3.35. The number of hydrogen-bond acceptors (Lipinski definition) is 3. The summed E-state index contributed by atoms with van der Waals surface area (Å²) in [6, 6.07) is 0. The summed E-state index contributed by atoms with van der Waals surface area (Å²) < 4.78 is 17.0. The van der Waals surface area contributed by atoms with Gasteiger partial charge in [0.25, 0.3) is 0 Å². The lowest BCUT2D eigenvalue weighted by Gasteiger charge is -2.17. The minimum atomic E-state index is -0.169. The van der Waals surface area contributed by atoms with Crippen LogP contribution in [-0.4, -0.2) is 30.7 Å². The van der Waals surface area contributed by atoms with E-state index in [0.717, 1.165) is 0 Å². The molecule has 3 heteroatoms. The van der Waals surface area contributed by atoms with Crippen LogP contribution in [0.1, 0.15) is 6.42 Å². The van der Waals surface area contributed by atoms with E-state index in [1.165, 1.54) is 6.42 Å². The van der Waals surface area contributed by atoms with Gasteiger partial charge in [0.05, 0.1) is 24.4 Å². The quantitative estimate of drug-likeness (QED) is 0.439. The molecule has 7 atom stereocenters. The molecule has 2 saturated carbocycles. The van der Waals surface area contributed by atoms with Gasteiger partial charge in [-0.1, -0.05) is 6.58 Å². The molecule has 3 nitrogen and oxygen atoms in total. The second-order valence-corrected chi connectivity index (χ2v) is 4.43. The first-order valence-electron chi connectivity index (χ1n) is 4.97. The standard InChI is InChI=1S/C10H12O3/c1-2-6-11-7-4-3-5(8(7)12-6)10-9(4)13-10/h2,4-10H,1,3H2/t4-,5+,6?,7-,8-,9+,10+/m0/s1. The molecule has 2 aliphatic carbocycles. The zero-order chi connectivity index (χ0) is 8.58. The summed E-state index contributed by atoms with van der Waals surface area (Å²) in [6.45, 7) is 3.69. The molecule has 1 unspecified atom stereocenters. The minimum absolute atomic E-state index is 0.169. The largest absolute Gasteiger partial charge is 0.369 e. The molecule has 2 aliphatic heterocycles. The first-order valence-corrected chi connectivity index (χ1v) is 4.97. The lowest BCUT2D eigenvalue weighted by atomic mass is 9.95. The van der Waals surface area contributed by atoms with Crippen molar-refractivity contribution in [2.75, 3.05) is 0 Å². The molecule has 2 bridgehead atoms. The Bertz CT molecular complexity index is 255. The molecule has 0 N–H and O–H groups in total. The Morgan fingerprint density at radius 3 is 2.00 bits per heavy atom. The van der Waals surface area contributed by atoms with Gasteiger partial charge in [0, 0.05) is 11.8 Å². The van der Waals surface area contributed by atoms with Crippen molar-refractivity contribution in [3.05, 3.63) is 12.7 Å². The van der Waals surface area contributed by atoms with Gasteiger partial charge in [-0.25, -0.2) is 0 Å². The van der Waals surface area contributed by atoms with Gasteiger partial charge in [-0.15, -0.1) is 0 Å². The molecule has 4 aliphatic rings. The minimum Gasteiger partial charge on any atom is -0.369 e. The maximum atomic E-state index is 5.75. The third kappa shape index (κ3) is 0.685. The van der Waals surface area contributed by atoms with E-state index in [-0.39, 0.29) is 18.5 Å². The van der Waals surface area contributed by atoms with E-state index >= 15 is 0 Å². The van der Waals surface area contributed by atoms with Crippen LogP contribution in [0.15, 0.2) is 12.7 Å². The predicted molar refractivity (Wildman–Crippen MR) is 44.0 cm³/mol. The molecule has 0 aromatic heterocycles. The summed E-state index contributed by atoms with van der Waals surface area (Å²) >= 11 is 0. The predicted octanol–water partition coefficient (Wildman–Crippen LogP) is 0.700. The Hall–Kier alpha value is -0.380. The van der Waals surface area contributed by atoms with Crippen LogP contribution in [0.25, 0.3) is 0 Å². The van der Waals surface area contributed by atoms with Crippen LogP contribution >= 0.6 is 0 Å². The summed E-state index contributed by atoms with van der Waals surface area (Å²) in [4.78, 5) is 0. The van der Waals surface area contributed by atoms with E-state index < -0.39 is 0 Å². The molecule has 0 aromatic rings. The second-order valence-electron chi connectivity index (χ2n) is 4.43. The number of ether oxygens (including phenoxy) is 3. The summed E-state index contributed by atoms with van der Waals surface area (Å²) in [7, 11) is 0. The van der Waals surface area contributed by atoms with Gasteiger partial charge < -0.3 is 14.2 Å². The highest BCUT2D eigenvalue weighted by molar-refractivity contribution is 5.17. The molecule has 4 rings (SSSR count). The lowest BCUT2D eigenvalue weighted by molar-refractivity contribution is -0.0536. The van der Waals surface area contributed by atoms with Crippen molar-refractivity contribution < 1.29 is 14.2 Å². The molecule has 13 heavy (non-hydrogen) atoms. The molecule has 4 fully saturated rings. The molecule has 2 saturated heterocycles. The lowest BCUT2D eigenvalue weighted by Crippen LogP contribution is -2.33. The van der Waals surface area contributed by atoms with E-state index in [1.54, 1.807) is 6.08 Å². The summed E-state index contributed by atoms with van der Waals surface area (Å²) in [5, 5.41) is 0. The van der Waals surface area contributed by atoms with Crippen molar-refractivity contribution in [3.63, 3.8) is 0 Å². The van der Waals surface area contributed by atoms with E-state index in [2.05, 4.69) is 6.58 Å². The van der Waals surface area contributed by atoms with Gasteiger partial charge in [-0.2, -0.15) is 0 Å². The smallest absolute Gasteiger partial charge is 0.177 e. The van der Waals surface area contributed by atoms with Crippen LogP contribution in [0.3, 0.4) is 0 Å². The van der Waals surface area contributed by atoms with Crippen LogP contribution in [-0.2, 0) is 14.2 Å². The molecular formula is C10H12O3. The Morgan fingerprint density at radius 1 is 0.923 bits per heavy atom. The van der Waals surface area contributed by atoms with Crippen molar-refractivity contribution in [2.45, 2.75) is 37.1 Å². The van der Waals surface area contributed by atoms with Gasteiger partial charge in [0.2, 0.25) is 0 Å². The summed E-state index contributed by atoms with van der Waals surface area (Å²) in [5.41, 5.74) is 0. The molecular weight excluding hydrogens is 168 g/mol. The van der Waals surface area contributed by atoms with Crippen LogP contribution in [0.2, 0.25) is 0 Å². The zero-order valence-corrected chi connectivity index (χ0v) is 7.26. The highest BCUT2D eigenvalue weighted by Crippen LogP contribution is 2.59. The van der Waals surface area contributed by atoms with Crippen molar-refractivity contribution in [1.82, 2.24) is 0 Å². The fourth-order valence-electron chi connectivity index (χ4n) is 3.35. The van der Waals surface area contributed by atoms with Gasteiger partial charge in [-0.3, -0.25) is 0 Å². The normalized spacial score (nSPS) is 66.3. The number of fused-ring (bicyclic) bond motifs is 8. The van der Waals surface area contributed by atoms with E-state index in [1.807, 2.05) is 0 Å². The van der Waals surface area contributed by atoms with Crippen molar-refractivity contribution in [2.24, 2.45) is 11.8 Å². The third-order valence-electron chi connectivity index (χ3n) is 3.89. The molecule has 0 aromatic carbocycles. The maximum Gasteiger partial charge on any atom is 0.177 e. The first-order chi connectivity index (χ1) is 6.38. The van der Waals surface area contributed by atoms with E-state index in [4.69, 9.17) is 14.2 Å². The topological polar surface area (TPSA) is 31.0 Å². The van der Waals surface area contributed by atoms with Gasteiger partial charge >= 0.3 is 0 Å². The number of epoxide rings is 1. The van der Waals surface area contributed by atoms with E-state index in [9.17, 15) is 0 Å². The van der Waals surface area contributed by atoms with E-state index in [0.29, 0.717) is 24.0 Å². The molecule has 0 radical (unpaired) electrons.